The molecule has 1 aromatic heterocycles. The fourth-order valence-electron chi connectivity index (χ4n) is 2.90. The summed E-state index contributed by atoms with van der Waals surface area (Å²) in [7, 11) is 0. The second kappa shape index (κ2) is 5.13. The molecule has 3 rings (SSSR count). The highest BCUT2D eigenvalue weighted by molar-refractivity contribution is 5.37. The topological polar surface area (TPSA) is 42.7 Å². The number of fused-ring (bicyclic) bond motifs is 1. The predicted molar refractivity (Wildman–Crippen MR) is 74.9 cm³/mol. The number of benzene rings is 1. The van der Waals surface area contributed by atoms with Gasteiger partial charge in [-0.25, -0.2) is 4.98 Å². The van der Waals surface area contributed by atoms with Gasteiger partial charge in [-0.2, -0.15) is 5.10 Å². The van der Waals surface area contributed by atoms with E-state index < -0.39 is 0 Å². The monoisotopic (exact) mass is 256 g/mol. The van der Waals surface area contributed by atoms with Gasteiger partial charge in [0.15, 0.2) is 0 Å². The molecule has 1 aliphatic rings. The molecule has 4 nitrogen and oxygen atoms in total. The van der Waals surface area contributed by atoms with Crippen LogP contribution in [0.1, 0.15) is 36.1 Å². The zero-order valence-electron chi connectivity index (χ0n) is 11.5. The van der Waals surface area contributed by atoms with Crippen LogP contribution in [0.15, 0.2) is 30.9 Å². The summed E-state index contributed by atoms with van der Waals surface area (Å²) in [6.07, 6.45) is 5.73. The van der Waals surface area contributed by atoms with E-state index in [0.29, 0.717) is 12.1 Å². The molecular formula is C15H20N4. The van der Waals surface area contributed by atoms with Gasteiger partial charge in [0.25, 0.3) is 0 Å². The van der Waals surface area contributed by atoms with Crippen molar-refractivity contribution in [2.75, 3.05) is 0 Å². The van der Waals surface area contributed by atoms with Crippen molar-refractivity contribution in [1.29, 1.82) is 0 Å². The quantitative estimate of drug-likeness (QED) is 0.912. The summed E-state index contributed by atoms with van der Waals surface area (Å²) >= 11 is 0. The molecule has 0 radical (unpaired) electrons. The lowest BCUT2D eigenvalue weighted by Gasteiger charge is -2.20. The highest BCUT2D eigenvalue weighted by atomic mass is 15.3. The van der Waals surface area contributed by atoms with E-state index in [9.17, 15) is 0 Å². The molecule has 19 heavy (non-hydrogen) atoms. The first-order valence-corrected chi connectivity index (χ1v) is 6.90. The molecule has 1 N–H and O–H groups in total. The van der Waals surface area contributed by atoms with Crippen molar-refractivity contribution in [2.45, 2.75) is 45.3 Å². The Hall–Kier alpha value is -1.68. The minimum absolute atomic E-state index is 0.387. The zero-order valence-corrected chi connectivity index (χ0v) is 11.5. The Morgan fingerprint density at radius 1 is 1.47 bits per heavy atom. The van der Waals surface area contributed by atoms with Crippen LogP contribution in [0.3, 0.4) is 0 Å². The fourth-order valence-corrected chi connectivity index (χ4v) is 2.90. The molecule has 0 amide bonds. The minimum Gasteiger partial charge on any atom is -0.306 e. The van der Waals surface area contributed by atoms with Crippen LogP contribution in [0, 0.1) is 6.92 Å². The fraction of sp³-hybridized carbons (Fsp3) is 0.467. The first-order chi connectivity index (χ1) is 9.22. The maximum atomic E-state index is 4.15. The zero-order chi connectivity index (χ0) is 13.2. The molecule has 0 aliphatic heterocycles. The largest absolute Gasteiger partial charge is 0.306 e. The average molecular weight is 256 g/mol. The van der Waals surface area contributed by atoms with Gasteiger partial charge >= 0.3 is 0 Å². The summed E-state index contributed by atoms with van der Waals surface area (Å²) in [5.74, 6) is 0. The number of hydrogen-bond acceptors (Lipinski definition) is 3. The Kier molecular flexibility index (Phi) is 3.34. The number of nitrogens with one attached hydrogen (secondary N) is 1. The minimum atomic E-state index is 0.387. The highest BCUT2D eigenvalue weighted by Crippen LogP contribution is 2.32. The maximum absolute atomic E-state index is 4.15. The first-order valence-electron chi connectivity index (χ1n) is 6.90. The molecule has 0 unspecified atom stereocenters. The number of nitrogens with zero attached hydrogens (tertiary/aromatic N) is 3. The van der Waals surface area contributed by atoms with Crippen molar-refractivity contribution in [3.8, 4) is 0 Å². The van der Waals surface area contributed by atoms with Crippen molar-refractivity contribution in [3.05, 3.63) is 47.5 Å². The highest BCUT2D eigenvalue weighted by Gasteiger charge is 2.23. The maximum Gasteiger partial charge on any atom is 0.137 e. The van der Waals surface area contributed by atoms with Crippen molar-refractivity contribution < 1.29 is 0 Å². The summed E-state index contributed by atoms with van der Waals surface area (Å²) in [5, 5.41) is 7.87. The molecule has 0 saturated heterocycles. The van der Waals surface area contributed by atoms with Gasteiger partial charge in [-0.3, -0.25) is 4.68 Å². The molecule has 0 bridgehead atoms. The van der Waals surface area contributed by atoms with Gasteiger partial charge < -0.3 is 5.32 Å². The van der Waals surface area contributed by atoms with Gasteiger partial charge in [-0.05, 0) is 37.8 Å². The normalized spacial score (nSPS) is 19.4. The van der Waals surface area contributed by atoms with Crippen LogP contribution in [0.5, 0.6) is 0 Å². The third-order valence-electron chi connectivity index (χ3n) is 3.79. The summed E-state index contributed by atoms with van der Waals surface area (Å²) in [5.41, 5.74) is 4.32. The predicted octanol–water partition coefficient (Wildman–Crippen LogP) is 2.25. The first kappa shape index (κ1) is 12.4. The molecule has 100 valence electrons. The van der Waals surface area contributed by atoms with Crippen molar-refractivity contribution >= 4 is 0 Å². The van der Waals surface area contributed by atoms with Crippen LogP contribution >= 0.6 is 0 Å². The molecule has 2 aromatic rings. The van der Waals surface area contributed by atoms with E-state index in [2.05, 4.69) is 47.4 Å². The SMILES string of the molecule is Cc1ccc2c(c1)[C@H](N[C@H](C)Cn1cncn1)CC2. The molecule has 1 aromatic carbocycles. The van der Waals surface area contributed by atoms with Crippen LogP contribution in [0.2, 0.25) is 0 Å². The molecule has 2 atom stereocenters. The van der Waals surface area contributed by atoms with E-state index in [-0.39, 0.29) is 0 Å². The third kappa shape index (κ3) is 2.68. The van der Waals surface area contributed by atoms with E-state index in [0.717, 1.165) is 6.54 Å². The lowest BCUT2D eigenvalue weighted by Crippen LogP contribution is -2.33. The van der Waals surface area contributed by atoms with E-state index >= 15 is 0 Å². The van der Waals surface area contributed by atoms with Gasteiger partial charge in [0.2, 0.25) is 0 Å². The number of aryl methyl sites for hydroxylation is 2. The van der Waals surface area contributed by atoms with Crippen LogP contribution < -0.4 is 5.32 Å². The second-order valence-electron chi connectivity index (χ2n) is 5.48. The molecule has 0 fully saturated rings. The van der Waals surface area contributed by atoms with Crippen molar-refractivity contribution in [2.24, 2.45) is 0 Å². The Morgan fingerprint density at radius 3 is 3.16 bits per heavy atom. The number of hydrogen-bond donors (Lipinski definition) is 1. The molecule has 0 saturated carbocycles. The number of rotatable bonds is 4. The Bertz CT molecular complexity index is 547. The lowest BCUT2D eigenvalue weighted by atomic mass is 10.0. The van der Waals surface area contributed by atoms with Crippen molar-refractivity contribution in [1.82, 2.24) is 20.1 Å². The van der Waals surface area contributed by atoms with E-state index in [1.54, 1.807) is 12.7 Å². The summed E-state index contributed by atoms with van der Waals surface area (Å²) in [4.78, 5) is 3.98. The molecule has 4 heteroatoms. The standard InChI is InChI=1S/C15H20N4/c1-11-3-4-13-5-6-15(14(13)7-11)18-12(2)8-19-10-16-9-17-19/h3-4,7,9-10,12,15,18H,5-6,8H2,1-2H3/t12-,15-/m1/s1. The van der Waals surface area contributed by atoms with Gasteiger partial charge in [0.1, 0.15) is 12.7 Å². The molecule has 0 spiro atoms. The summed E-state index contributed by atoms with van der Waals surface area (Å²) in [6, 6.07) is 7.67. The van der Waals surface area contributed by atoms with Gasteiger partial charge in [-0.15, -0.1) is 0 Å². The summed E-state index contributed by atoms with van der Waals surface area (Å²) < 4.78 is 1.88. The van der Waals surface area contributed by atoms with Gasteiger partial charge in [-0.1, -0.05) is 23.8 Å². The Morgan fingerprint density at radius 2 is 2.37 bits per heavy atom. The molecule has 1 heterocycles. The van der Waals surface area contributed by atoms with Crippen LogP contribution in [-0.2, 0) is 13.0 Å². The molecular weight excluding hydrogens is 236 g/mol. The third-order valence-corrected chi connectivity index (χ3v) is 3.79. The lowest BCUT2D eigenvalue weighted by molar-refractivity contribution is 0.397. The van der Waals surface area contributed by atoms with Crippen LogP contribution in [0.25, 0.3) is 0 Å². The second-order valence-corrected chi connectivity index (χ2v) is 5.48. The van der Waals surface area contributed by atoms with Gasteiger partial charge in [0, 0.05) is 12.1 Å². The number of aromatic nitrogens is 3. The van der Waals surface area contributed by atoms with Crippen LogP contribution in [0.4, 0.5) is 0 Å². The Balaban J connectivity index is 1.67. The van der Waals surface area contributed by atoms with E-state index in [4.69, 9.17) is 0 Å². The average Bonchev–Trinajstić information content (AvgIpc) is 3.00. The van der Waals surface area contributed by atoms with E-state index in [1.165, 1.54) is 29.5 Å². The van der Waals surface area contributed by atoms with Gasteiger partial charge in [0.05, 0.1) is 6.54 Å². The Labute approximate surface area is 113 Å². The van der Waals surface area contributed by atoms with E-state index in [1.807, 2.05) is 4.68 Å². The molecule has 1 aliphatic carbocycles. The van der Waals surface area contributed by atoms with Crippen LogP contribution in [-0.4, -0.2) is 20.8 Å². The van der Waals surface area contributed by atoms with Crippen molar-refractivity contribution in [3.63, 3.8) is 0 Å². The summed E-state index contributed by atoms with van der Waals surface area (Å²) in [6.45, 7) is 5.22. The smallest absolute Gasteiger partial charge is 0.137 e.